The van der Waals surface area contributed by atoms with E-state index in [0.29, 0.717) is 24.5 Å². The fourth-order valence-corrected chi connectivity index (χ4v) is 3.62. The zero-order chi connectivity index (χ0) is 20.2. The molecule has 27 heavy (non-hydrogen) atoms. The first kappa shape index (κ1) is 26.2. The molecule has 0 aliphatic rings. The first-order valence-corrected chi connectivity index (χ1v) is 11.9. The van der Waals surface area contributed by atoms with Crippen molar-refractivity contribution < 1.29 is 19.4 Å². The van der Waals surface area contributed by atoms with Crippen LogP contribution in [0.1, 0.15) is 96.8 Å². The maximum Gasteiger partial charge on any atom is 0.321 e. The van der Waals surface area contributed by atoms with Crippen molar-refractivity contribution >= 4 is 23.7 Å². The van der Waals surface area contributed by atoms with E-state index in [4.69, 9.17) is 15.6 Å². The highest BCUT2D eigenvalue weighted by Crippen LogP contribution is 2.13. The Kier molecular flexibility index (Phi) is 19.4. The highest BCUT2D eigenvalue weighted by atomic mass is 32.2. The number of rotatable bonds is 20. The van der Waals surface area contributed by atoms with E-state index < -0.39 is 12.0 Å². The lowest BCUT2D eigenvalue weighted by atomic mass is 10.0. The fourth-order valence-electron chi connectivity index (χ4n) is 2.86. The highest BCUT2D eigenvalue weighted by molar-refractivity contribution is 7.99. The van der Waals surface area contributed by atoms with Crippen molar-refractivity contribution in [2.24, 2.45) is 5.73 Å². The minimum absolute atomic E-state index is 0.152. The predicted molar refractivity (Wildman–Crippen MR) is 114 cm³/mol. The van der Waals surface area contributed by atoms with Gasteiger partial charge in [-0.15, -0.1) is 0 Å². The summed E-state index contributed by atoms with van der Waals surface area (Å²) in [5.74, 6) is -0.222. The number of nitrogens with two attached hydrogens (primary N) is 1. The second kappa shape index (κ2) is 20.0. The maximum atomic E-state index is 11.6. The molecule has 0 radical (unpaired) electrons. The van der Waals surface area contributed by atoms with Crippen molar-refractivity contribution in [3.8, 4) is 0 Å². The lowest BCUT2D eigenvalue weighted by molar-refractivity contribution is -0.143. The van der Waals surface area contributed by atoms with Gasteiger partial charge in [-0.1, -0.05) is 84.0 Å². The maximum absolute atomic E-state index is 11.6. The van der Waals surface area contributed by atoms with E-state index in [1.54, 1.807) is 0 Å². The minimum atomic E-state index is -0.998. The first-order chi connectivity index (χ1) is 13.1. The molecule has 0 aliphatic carbocycles. The predicted octanol–water partition coefficient (Wildman–Crippen LogP) is 5.16. The summed E-state index contributed by atoms with van der Waals surface area (Å²) in [5, 5.41) is 8.65. The van der Waals surface area contributed by atoms with Crippen LogP contribution in [0.2, 0.25) is 0 Å². The Morgan fingerprint density at radius 3 is 1.85 bits per heavy atom. The van der Waals surface area contributed by atoms with E-state index in [0.717, 1.165) is 12.8 Å². The molecule has 160 valence electrons. The number of aliphatic carboxylic acids is 1. The van der Waals surface area contributed by atoms with Crippen LogP contribution in [0.4, 0.5) is 0 Å². The number of ether oxygens (including phenoxy) is 1. The van der Waals surface area contributed by atoms with E-state index in [1.807, 2.05) is 0 Å². The summed E-state index contributed by atoms with van der Waals surface area (Å²) in [6.07, 6.45) is 17.3. The van der Waals surface area contributed by atoms with Gasteiger partial charge >= 0.3 is 11.9 Å². The number of hydrogen-bond donors (Lipinski definition) is 2. The number of carboxylic acid groups (broad SMARTS) is 1. The molecule has 1 unspecified atom stereocenters. The Labute approximate surface area is 170 Å². The van der Waals surface area contributed by atoms with E-state index >= 15 is 0 Å². The third-order valence-electron chi connectivity index (χ3n) is 4.59. The van der Waals surface area contributed by atoms with Gasteiger partial charge in [-0.05, 0) is 6.42 Å². The van der Waals surface area contributed by atoms with Crippen LogP contribution < -0.4 is 5.73 Å². The molecular weight excluding hydrogens is 362 g/mol. The topological polar surface area (TPSA) is 89.6 Å². The molecule has 3 N–H and O–H groups in total. The van der Waals surface area contributed by atoms with Crippen LogP contribution in [0, 0.1) is 0 Å². The number of carboxylic acids is 1. The second-order valence-corrected chi connectivity index (χ2v) is 8.38. The van der Waals surface area contributed by atoms with Crippen LogP contribution in [0.25, 0.3) is 0 Å². The molecule has 0 aliphatic heterocycles. The summed E-state index contributed by atoms with van der Waals surface area (Å²) in [6.45, 7) is 2.58. The van der Waals surface area contributed by atoms with Gasteiger partial charge in [-0.3, -0.25) is 9.59 Å². The fraction of sp³-hybridized carbons (Fsp3) is 0.905. The average Bonchev–Trinajstić information content (AvgIpc) is 2.64. The Hall–Kier alpha value is -0.750. The molecule has 0 fully saturated rings. The van der Waals surface area contributed by atoms with Gasteiger partial charge in [0.2, 0.25) is 0 Å². The number of hydrogen-bond acceptors (Lipinski definition) is 5. The summed E-state index contributed by atoms with van der Waals surface area (Å²) < 4.78 is 5.14. The van der Waals surface area contributed by atoms with E-state index in [2.05, 4.69) is 6.92 Å². The van der Waals surface area contributed by atoms with Crippen LogP contribution in [0.15, 0.2) is 0 Å². The SMILES string of the molecule is CCCCCCCCCCCCCCCC(=O)OCCSCC(N)C(=O)O. The molecule has 0 saturated carbocycles. The molecule has 0 aromatic carbocycles. The van der Waals surface area contributed by atoms with E-state index in [9.17, 15) is 9.59 Å². The van der Waals surface area contributed by atoms with Gasteiger partial charge in [0.25, 0.3) is 0 Å². The van der Waals surface area contributed by atoms with Crippen LogP contribution in [0.3, 0.4) is 0 Å². The Bertz CT molecular complexity index is 366. The lowest BCUT2D eigenvalue weighted by Crippen LogP contribution is -2.32. The normalized spacial score (nSPS) is 12.1. The summed E-state index contributed by atoms with van der Waals surface area (Å²) >= 11 is 1.40. The molecule has 0 aromatic rings. The summed E-state index contributed by atoms with van der Waals surface area (Å²) in [7, 11) is 0. The number of thioether (sulfide) groups is 1. The van der Waals surface area contributed by atoms with Crippen LogP contribution in [-0.4, -0.2) is 41.2 Å². The number of carbonyl (C=O) groups excluding carboxylic acids is 1. The van der Waals surface area contributed by atoms with Gasteiger partial charge in [-0.2, -0.15) is 11.8 Å². The Morgan fingerprint density at radius 1 is 0.889 bits per heavy atom. The molecule has 5 nitrogen and oxygen atoms in total. The standard InChI is InChI=1S/C21H41NO4S/c1-2-3-4-5-6-7-8-9-10-11-12-13-14-15-20(23)26-16-17-27-18-19(22)21(24)25/h19H,2-18,22H2,1H3,(H,24,25). The molecule has 0 saturated heterocycles. The largest absolute Gasteiger partial charge is 0.480 e. The van der Waals surface area contributed by atoms with Crippen LogP contribution in [-0.2, 0) is 14.3 Å². The smallest absolute Gasteiger partial charge is 0.321 e. The monoisotopic (exact) mass is 403 g/mol. The summed E-state index contributed by atoms with van der Waals surface area (Å²) in [5.41, 5.74) is 5.39. The van der Waals surface area contributed by atoms with Crippen molar-refractivity contribution in [1.82, 2.24) is 0 Å². The minimum Gasteiger partial charge on any atom is -0.480 e. The molecule has 0 heterocycles. The van der Waals surface area contributed by atoms with Crippen molar-refractivity contribution in [3.05, 3.63) is 0 Å². The Balaban J connectivity index is 3.22. The zero-order valence-electron chi connectivity index (χ0n) is 17.3. The molecule has 0 spiro atoms. The third kappa shape index (κ3) is 19.8. The van der Waals surface area contributed by atoms with Gasteiger partial charge in [-0.25, -0.2) is 0 Å². The summed E-state index contributed by atoms with van der Waals surface area (Å²) in [6, 6.07) is -0.850. The van der Waals surface area contributed by atoms with Gasteiger partial charge in [0, 0.05) is 17.9 Å². The molecule has 0 rings (SSSR count). The molecule has 6 heteroatoms. The molecular formula is C21H41NO4S. The second-order valence-electron chi connectivity index (χ2n) is 7.23. The molecule has 0 aromatic heterocycles. The molecule has 0 bridgehead atoms. The van der Waals surface area contributed by atoms with Crippen LogP contribution in [0.5, 0.6) is 0 Å². The van der Waals surface area contributed by atoms with Gasteiger partial charge in [0.15, 0.2) is 0 Å². The van der Waals surface area contributed by atoms with Crippen LogP contribution >= 0.6 is 11.8 Å². The quantitative estimate of drug-likeness (QED) is 0.216. The van der Waals surface area contributed by atoms with E-state index in [1.165, 1.54) is 82.4 Å². The first-order valence-electron chi connectivity index (χ1n) is 10.8. The van der Waals surface area contributed by atoms with Crippen molar-refractivity contribution in [2.45, 2.75) is 103 Å². The average molecular weight is 404 g/mol. The number of esters is 1. The van der Waals surface area contributed by atoms with Crippen molar-refractivity contribution in [2.75, 3.05) is 18.1 Å². The molecule has 1 atom stereocenters. The zero-order valence-corrected chi connectivity index (χ0v) is 18.1. The molecule has 0 amide bonds. The summed E-state index contributed by atoms with van der Waals surface area (Å²) in [4.78, 5) is 22.1. The highest BCUT2D eigenvalue weighted by Gasteiger charge is 2.10. The Morgan fingerprint density at radius 2 is 1.37 bits per heavy atom. The third-order valence-corrected chi connectivity index (χ3v) is 5.64. The number of unbranched alkanes of at least 4 members (excludes halogenated alkanes) is 12. The van der Waals surface area contributed by atoms with Gasteiger partial charge in [0.05, 0.1) is 0 Å². The lowest BCUT2D eigenvalue weighted by Gasteiger charge is -2.07. The van der Waals surface area contributed by atoms with E-state index in [-0.39, 0.29) is 5.97 Å². The van der Waals surface area contributed by atoms with Gasteiger partial charge in [0.1, 0.15) is 12.6 Å². The number of carbonyl (C=O) groups is 2. The van der Waals surface area contributed by atoms with Crippen molar-refractivity contribution in [3.63, 3.8) is 0 Å². The van der Waals surface area contributed by atoms with Crippen molar-refractivity contribution in [1.29, 1.82) is 0 Å². The van der Waals surface area contributed by atoms with Gasteiger partial charge < -0.3 is 15.6 Å².